The van der Waals surface area contributed by atoms with Gasteiger partial charge in [0.15, 0.2) is 0 Å². The molecule has 0 fully saturated rings. The monoisotopic (exact) mass is 373 g/mol. The molecule has 5 nitrogen and oxygen atoms in total. The zero-order valence-electron chi connectivity index (χ0n) is 15.2. The van der Waals surface area contributed by atoms with Crippen molar-refractivity contribution in [2.45, 2.75) is 12.8 Å². The number of para-hydroxylation sites is 2. The third kappa shape index (κ3) is 3.34. The van der Waals surface area contributed by atoms with Crippen LogP contribution in [0.3, 0.4) is 0 Å². The third-order valence-corrected chi connectivity index (χ3v) is 4.79. The van der Waals surface area contributed by atoms with Crippen molar-refractivity contribution in [2.75, 3.05) is 11.4 Å². The van der Waals surface area contributed by atoms with Crippen LogP contribution in [0.15, 0.2) is 84.1 Å². The van der Waals surface area contributed by atoms with Crippen molar-refractivity contribution in [3.05, 3.63) is 89.7 Å². The van der Waals surface area contributed by atoms with Crippen molar-refractivity contribution < 1.29 is 19.4 Å². The largest absolute Gasteiger partial charge is 0.481 e. The van der Waals surface area contributed by atoms with Gasteiger partial charge in [0.25, 0.3) is 0 Å². The summed E-state index contributed by atoms with van der Waals surface area (Å²) in [5.74, 6) is -0.778. The molecule has 0 saturated carbocycles. The summed E-state index contributed by atoms with van der Waals surface area (Å²) in [7, 11) is 0. The molecule has 0 spiro atoms. The first-order valence-electron chi connectivity index (χ1n) is 9.11. The average molecular weight is 373 g/mol. The minimum atomic E-state index is -0.857. The maximum absolute atomic E-state index is 13.1. The fourth-order valence-corrected chi connectivity index (χ4v) is 3.57. The second kappa shape index (κ2) is 7.56. The Morgan fingerprint density at radius 2 is 1.79 bits per heavy atom. The number of rotatable bonds is 5. The highest BCUT2D eigenvalue weighted by Gasteiger charge is 2.33. The van der Waals surface area contributed by atoms with Crippen molar-refractivity contribution in [2.24, 2.45) is 0 Å². The number of aliphatic carboxylic acids is 1. The summed E-state index contributed by atoms with van der Waals surface area (Å²) in [5, 5.41) is 9.15. The van der Waals surface area contributed by atoms with Crippen molar-refractivity contribution >= 4 is 23.2 Å². The van der Waals surface area contributed by atoms with Crippen LogP contribution >= 0.6 is 0 Å². The highest BCUT2D eigenvalue weighted by Crippen LogP contribution is 2.43. The van der Waals surface area contributed by atoms with Crippen LogP contribution in [0.1, 0.15) is 18.4 Å². The molecule has 1 N–H and O–H groups in total. The number of carbonyl (C=O) groups excluding carboxylic acids is 1. The van der Waals surface area contributed by atoms with E-state index in [1.807, 2.05) is 65.6 Å². The Balaban J connectivity index is 1.79. The van der Waals surface area contributed by atoms with Crippen LogP contribution in [0.25, 0.3) is 5.57 Å². The number of fused-ring (bicyclic) bond motifs is 2. The molecule has 0 amide bonds. The fourth-order valence-electron chi connectivity index (χ4n) is 3.57. The second-order valence-corrected chi connectivity index (χ2v) is 6.55. The van der Waals surface area contributed by atoms with Gasteiger partial charge < -0.3 is 14.7 Å². The molecule has 0 radical (unpaired) electrons. The minimum Gasteiger partial charge on any atom is -0.481 e. The Morgan fingerprint density at radius 3 is 2.57 bits per heavy atom. The third-order valence-electron chi connectivity index (χ3n) is 4.79. The number of allylic oxidation sites excluding steroid dienone is 4. The topological polar surface area (TPSA) is 66.8 Å². The van der Waals surface area contributed by atoms with Crippen LogP contribution in [0.4, 0.5) is 5.69 Å². The number of anilines is 1. The standard InChI is InChI=1S/C23H19NO4/c25-21(26)14-15-24-19-12-6-4-10-17(19)22(18-11-5-7-13-20(18)24)23(27)28-16-8-2-1-3-9-16/h1-10,12-13H,11,14-15H2,(H,25,26). The number of carboxylic acids is 1. The molecule has 1 aliphatic carbocycles. The zero-order chi connectivity index (χ0) is 19.5. The summed E-state index contributed by atoms with van der Waals surface area (Å²) in [6, 6.07) is 16.5. The van der Waals surface area contributed by atoms with Gasteiger partial charge in [-0.15, -0.1) is 0 Å². The van der Waals surface area contributed by atoms with Crippen molar-refractivity contribution in [3.8, 4) is 5.75 Å². The molecule has 0 unspecified atom stereocenters. The maximum Gasteiger partial charge on any atom is 0.344 e. The molecule has 0 bridgehead atoms. The van der Waals surface area contributed by atoms with E-state index in [4.69, 9.17) is 9.84 Å². The molecule has 28 heavy (non-hydrogen) atoms. The van der Waals surface area contributed by atoms with E-state index >= 15 is 0 Å². The number of hydrogen-bond donors (Lipinski definition) is 1. The number of esters is 1. The lowest BCUT2D eigenvalue weighted by atomic mass is 9.87. The predicted octanol–water partition coefficient (Wildman–Crippen LogP) is 4.18. The summed E-state index contributed by atoms with van der Waals surface area (Å²) >= 11 is 0. The van der Waals surface area contributed by atoms with Crippen LogP contribution in [-0.2, 0) is 9.59 Å². The molecule has 2 aliphatic rings. The Labute approximate surface area is 162 Å². The van der Waals surface area contributed by atoms with Crippen LogP contribution in [0, 0.1) is 0 Å². The second-order valence-electron chi connectivity index (χ2n) is 6.55. The molecular weight excluding hydrogens is 354 g/mol. The van der Waals surface area contributed by atoms with E-state index in [9.17, 15) is 9.59 Å². The van der Waals surface area contributed by atoms with Crippen molar-refractivity contribution in [3.63, 3.8) is 0 Å². The summed E-state index contributed by atoms with van der Waals surface area (Å²) in [5.41, 5.74) is 3.81. The van der Waals surface area contributed by atoms with Crippen molar-refractivity contribution in [1.29, 1.82) is 0 Å². The maximum atomic E-state index is 13.1. The lowest BCUT2D eigenvalue weighted by molar-refractivity contribution is -0.136. The molecule has 1 aliphatic heterocycles. The first-order valence-corrected chi connectivity index (χ1v) is 9.11. The number of benzene rings is 2. The van der Waals surface area contributed by atoms with Gasteiger partial charge in [0.05, 0.1) is 12.0 Å². The smallest absolute Gasteiger partial charge is 0.344 e. The molecule has 1 heterocycles. The first-order chi connectivity index (χ1) is 13.6. The van der Waals surface area contributed by atoms with Gasteiger partial charge in [0, 0.05) is 23.5 Å². The first kappa shape index (κ1) is 17.8. The zero-order valence-corrected chi connectivity index (χ0v) is 15.2. The van der Waals surface area contributed by atoms with Crippen LogP contribution in [0.2, 0.25) is 0 Å². The van der Waals surface area contributed by atoms with Crippen LogP contribution in [-0.4, -0.2) is 23.6 Å². The number of carboxylic acid groups (broad SMARTS) is 1. The van der Waals surface area contributed by atoms with Gasteiger partial charge in [0.2, 0.25) is 0 Å². The number of carbonyl (C=O) groups is 2. The molecule has 0 atom stereocenters. The normalized spacial score (nSPS) is 14.9. The van der Waals surface area contributed by atoms with Gasteiger partial charge in [-0.25, -0.2) is 4.79 Å². The molecule has 2 aromatic carbocycles. The van der Waals surface area contributed by atoms with E-state index in [1.54, 1.807) is 12.1 Å². The summed E-state index contributed by atoms with van der Waals surface area (Å²) in [6.45, 7) is 0.330. The lowest BCUT2D eigenvalue weighted by Crippen LogP contribution is -2.32. The number of nitrogens with zero attached hydrogens (tertiary/aromatic N) is 1. The highest BCUT2D eigenvalue weighted by molar-refractivity contribution is 6.22. The van der Waals surface area contributed by atoms with E-state index in [-0.39, 0.29) is 6.42 Å². The van der Waals surface area contributed by atoms with Crippen molar-refractivity contribution in [1.82, 2.24) is 0 Å². The Bertz CT molecular complexity index is 1020. The molecule has 4 rings (SSSR count). The van der Waals surface area contributed by atoms with E-state index in [1.165, 1.54) is 0 Å². The Kier molecular flexibility index (Phi) is 4.81. The van der Waals surface area contributed by atoms with Gasteiger partial charge >= 0.3 is 11.9 Å². The van der Waals surface area contributed by atoms with E-state index < -0.39 is 11.9 Å². The van der Waals surface area contributed by atoms with Gasteiger partial charge in [-0.05, 0) is 36.3 Å². The SMILES string of the molecule is O=C(O)CCN1C2=CC=CCC2=C(C(=O)Oc2ccccc2)c2ccccc21. The van der Waals surface area contributed by atoms with Crippen LogP contribution < -0.4 is 9.64 Å². The quantitative estimate of drug-likeness (QED) is 0.629. The van der Waals surface area contributed by atoms with Crippen LogP contribution in [0.5, 0.6) is 5.75 Å². The average Bonchev–Trinajstić information content (AvgIpc) is 2.71. The van der Waals surface area contributed by atoms with E-state index in [0.717, 1.165) is 22.5 Å². The summed E-state index contributed by atoms with van der Waals surface area (Å²) in [6.07, 6.45) is 6.43. The Hall–Kier alpha value is -3.60. The molecule has 0 aromatic heterocycles. The van der Waals surface area contributed by atoms with Gasteiger partial charge in [0.1, 0.15) is 5.75 Å². The van der Waals surface area contributed by atoms with E-state index in [0.29, 0.717) is 24.3 Å². The molecule has 0 saturated heterocycles. The molecule has 140 valence electrons. The summed E-state index contributed by atoms with van der Waals surface area (Å²) < 4.78 is 5.63. The van der Waals surface area contributed by atoms with E-state index in [2.05, 4.69) is 0 Å². The Morgan fingerprint density at radius 1 is 1.04 bits per heavy atom. The van der Waals surface area contributed by atoms with Gasteiger partial charge in [-0.2, -0.15) is 0 Å². The lowest BCUT2D eigenvalue weighted by Gasteiger charge is -2.36. The molecule has 2 aromatic rings. The predicted molar refractivity (Wildman–Crippen MR) is 107 cm³/mol. The van der Waals surface area contributed by atoms with Gasteiger partial charge in [-0.1, -0.05) is 48.6 Å². The number of ether oxygens (including phenoxy) is 1. The molecular formula is C23H19NO4. The highest BCUT2D eigenvalue weighted by atomic mass is 16.5. The molecule has 5 heteroatoms. The minimum absolute atomic E-state index is 0.00641. The fraction of sp³-hybridized carbons (Fsp3) is 0.130. The van der Waals surface area contributed by atoms with Gasteiger partial charge in [-0.3, -0.25) is 4.79 Å². The summed E-state index contributed by atoms with van der Waals surface area (Å²) in [4.78, 5) is 26.2. The number of hydrogen-bond acceptors (Lipinski definition) is 4.